The van der Waals surface area contributed by atoms with Crippen LogP contribution in [0.25, 0.3) is 0 Å². The first-order valence-electron chi connectivity index (χ1n) is 6.58. The summed E-state index contributed by atoms with van der Waals surface area (Å²) in [6.07, 6.45) is 2.46. The first kappa shape index (κ1) is 13.9. The number of ketones is 1. The lowest BCUT2D eigenvalue weighted by Gasteiger charge is -2.21. The van der Waals surface area contributed by atoms with E-state index in [4.69, 9.17) is 14.2 Å². The Labute approximate surface area is 113 Å². The van der Waals surface area contributed by atoms with Crippen molar-refractivity contribution in [3.8, 4) is 11.5 Å². The van der Waals surface area contributed by atoms with Gasteiger partial charge in [-0.05, 0) is 30.9 Å². The van der Waals surface area contributed by atoms with Crippen molar-refractivity contribution in [2.75, 3.05) is 27.4 Å². The number of Topliss-reactive ketones (excluding diaryl/α,β-unsaturated/α-hetero) is 1. The van der Waals surface area contributed by atoms with Crippen molar-refractivity contribution in [2.45, 2.75) is 19.3 Å². The van der Waals surface area contributed by atoms with Crippen molar-refractivity contribution >= 4 is 5.78 Å². The average molecular weight is 264 g/mol. The summed E-state index contributed by atoms with van der Waals surface area (Å²) in [6.45, 7) is 1.51. The fourth-order valence-electron chi connectivity index (χ4n) is 2.43. The molecule has 0 atom stereocenters. The molecule has 2 rings (SSSR count). The highest BCUT2D eigenvalue weighted by molar-refractivity contribution is 5.99. The predicted molar refractivity (Wildman–Crippen MR) is 72.0 cm³/mol. The Hall–Kier alpha value is -1.55. The molecule has 0 N–H and O–H groups in total. The Kier molecular flexibility index (Phi) is 4.80. The molecule has 104 valence electrons. The van der Waals surface area contributed by atoms with Crippen LogP contribution in [0.4, 0.5) is 0 Å². The zero-order chi connectivity index (χ0) is 13.7. The molecule has 1 fully saturated rings. The highest BCUT2D eigenvalue weighted by Gasteiger charge is 2.21. The molecule has 0 bridgehead atoms. The van der Waals surface area contributed by atoms with Gasteiger partial charge in [-0.2, -0.15) is 0 Å². The van der Waals surface area contributed by atoms with Gasteiger partial charge in [0.15, 0.2) is 17.3 Å². The lowest BCUT2D eigenvalue weighted by molar-refractivity contribution is 0.0600. The van der Waals surface area contributed by atoms with Crippen LogP contribution in [-0.2, 0) is 4.74 Å². The number of rotatable bonds is 5. The molecular weight excluding hydrogens is 244 g/mol. The van der Waals surface area contributed by atoms with Gasteiger partial charge in [0.2, 0.25) is 0 Å². The molecule has 0 aromatic heterocycles. The van der Waals surface area contributed by atoms with Crippen molar-refractivity contribution < 1.29 is 19.0 Å². The number of hydrogen-bond donors (Lipinski definition) is 0. The monoisotopic (exact) mass is 264 g/mol. The number of para-hydroxylation sites is 1. The van der Waals surface area contributed by atoms with E-state index < -0.39 is 0 Å². The van der Waals surface area contributed by atoms with Crippen LogP contribution in [0, 0.1) is 5.92 Å². The predicted octanol–water partition coefficient (Wildman–Crippen LogP) is 2.70. The van der Waals surface area contributed by atoms with Crippen molar-refractivity contribution in [1.82, 2.24) is 0 Å². The van der Waals surface area contributed by atoms with E-state index in [1.54, 1.807) is 26.4 Å². The number of carbonyl (C=O) groups is 1. The van der Waals surface area contributed by atoms with E-state index in [1.807, 2.05) is 6.07 Å². The fourth-order valence-corrected chi connectivity index (χ4v) is 2.43. The minimum Gasteiger partial charge on any atom is -0.493 e. The third kappa shape index (κ3) is 3.26. The largest absolute Gasteiger partial charge is 0.493 e. The maximum Gasteiger partial charge on any atom is 0.171 e. The van der Waals surface area contributed by atoms with Gasteiger partial charge in [-0.1, -0.05) is 6.07 Å². The van der Waals surface area contributed by atoms with Crippen LogP contribution in [0.2, 0.25) is 0 Å². The van der Waals surface area contributed by atoms with Crippen molar-refractivity contribution in [1.29, 1.82) is 0 Å². The van der Waals surface area contributed by atoms with Gasteiger partial charge in [0.25, 0.3) is 0 Å². The summed E-state index contributed by atoms with van der Waals surface area (Å²) >= 11 is 0. The quantitative estimate of drug-likeness (QED) is 0.767. The normalized spacial score (nSPS) is 16.1. The Bertz CT molecular complexity index is 436. The molecule has 1 aliphatic rings. The van der Waals surface area contributed by atoms with Gasteiger partial charge in [-0.15, -0.1) is 0 Å². The van der Waals surface area contributed by atoms with Crippen molar-refractivity contribution in [3.63, 3.8) is 0 Å². The first-order valence-corrected chi connectivity index (χ1v) is 6.58. The number of carbonyl (C=O) groups excluding carboxylic acids is 1. The molecule has 0 radical (unpaired) electrons. The molecule has 4 nitrogen and oxygen atoms in total. The Morgan fingerprint density at radius 2 is 2.00 bits per heavy atom. The van der Waals surface area contributed by atoms with E-state index >= 15 is 0 Å². The maximum atomic E-state index is 12.4. The van der Waals surface area contributed by atoms with Crippen LogP contribution in [-0.4, -0.2) is 33.2 Å². The summed E-state index contributed by atoms with van der Waals surface area (Å²) in [7, 11) is 3.13. The van der Waals surface area contributed by atoms with Crippen LogP contribution in [0.5, 0.6) is 11.5 Å². The topological polar surface area (TPSA) is 44.8 Å². The summed E-state index contributed by atoms with van der Waals surface area (Å²) in [5.41, 5.74) is 0.605. The van der Waals surface area contributed by atoms with Crippen molar-refractivity contribution in [2.24, 2.45) is 5.92 Å². The summed E-state index contributed by atoms with van der Waals surface area (Å²) < 4.78 is 15.8. The number of hydrogen-bond acceptors (Lipinski definition) is 4. The standard InChI is InChI=1S/C15H20O4/c1-17-14-5-3-4-12(15(14)18-2)13(16)10-11-6-8-19-9-7-11/h3-5,11H,6-10H2,1-2H3. The molecule has 4 heteroatoms. The van der Waals surface area contributed by atoms with Gasteiger partial charge in [0.1, 0.15) is 0 Å². The fraction of sp³-hybridized carbons (Fsp3) is 0.533. The number of methoxy groups -OCH3 is 2. The van der Waals surface area contributed by atoms with Gasteiger partial charge in [-0.25, -0.2) is 0 Å². The second-order valence-corrected chi connectivity index (χ2v) is 4.72. The molecule has 1 saturated heterocycles. The Morgan fingerprint density at radius 3 is 2.63 bits per heavy atom. The van der Waals surface area contributed by atoms with Gasteiger partial charge in [0.05, 0.1) is 19.8 Å². The molecule has 0 unspecified atom stereocenters. The van der Waals surface area contributed by atoms with E-state index in [-0.39, 0.29) is 5.78 Å². The molecule has 19 heavy (non-hydrogen) atoms. The van der Waals surface area contributed by atoms with Crippen molar-refractivity contribution in [3.05, 3.63) is 23.8 Å². The van der Waals surface area contributed by atoms with E-state index in [1.165, 1.54) is 0 Å². The zero-order valence-corrected chi connectivity index (χ0v) is 11.5. The lowest BCUT2D eigenvalue weighted by atomic mass is 9.91. The van der Waals surface area contributed by atoms with E-state index in [0.717, 1.165) is 26.1 Å². The SMILES string of the molecule is COc1cccc(C(=O)CC2CCOCC2)c1OC. The molecule has 0 saturated carbocycles. The second-order valence-electron chi connectivity index (χ2n) is 4.72. The highest BCUT2D eigenvalue weighted by atomic mass is 16.5. The van der Waals surface area contributed by atoms with E-state index in [9.17, 15) is 4.79 Å². The van der Waals surface area contributed by atoms with E-state index in [0.29, 0.717) is 29.4 Å². The summed E-state index contributed by atoms with van der Waals surface area (Å²) in [6, 6.07) is 5.41. The summed E-state index contributed by atoms with van der Waals surface area (Å²) in [5, 5.41) is 0. The number of ether oxygens (including phenoxy) is 3. The van der Waals surface area contributed by atoms with Gasteiger partial charge in [-0.3, -0.25) is 4.79 Å². The number of benzene rings is 1. The molecule has 1 aliphatic heterocycles. The molecule has 0 spiro atoms. The molecule has 1 aromatic rings. The maximum absolute atomic E-state index is 12.4. The Morgan fingerprint density at radius 1 is 1.26 bits per heavy atom. The second kappa shape index (κ2) is 6.57. The molecule has 0 amide bonds. The van der Waals surface area contributed by atoms with Crippen LogP contribution in [0.3, 0.4) is 0 Å². The Balaban J connectivity index is 2.13. The smallest absolute Gasteiger partial charge is 0.171 e. The summed E-state index contributed by atoms with van der Waals surface area (Å²) in [4.78, 5) is 12.4. The average Bonchev–Trinajstić information content (AvgIpc) is 2.47. The third-order valence-corrected chi connectivity index (χ3v) is 3.52. The summed E-state index contributed by atoms with van der Waals surface area (Å²) in [5.74, 6) is 1.65. The molecule has 0 aliphatic carbocycles. The third-order valence-electron chi connectivity index (χ3n) is 3.52. The molecular formula is C15H20O4. The van der Waals surface area contributed by atoms with Crippen LogP contribution in [0.1, 0.15) is 29.6 Å². The minimum atomic E-state index is 0.114. The van der Waals surface area contributed by atoms with Gasteiger partial charge in [0, 0.05) is 19.6 Å². The minimum absolute atomic E-state index is 0.114. The van der Waals surface area contributed by atoms with Crippen LogP contribution < -0.4 is 9.47 Å². The lowest BCUT2D eigenvalue weighted by Crippen LogP contribution is -2.19. The first-order chi connectivity index (χ1) is 9.26. The van der Waals surface area contributed by atoms with Gasteiger partial charge < -0.3 is 14.2 Å². The van der Waals surface area contributed by atoms with Crippen LogP contribution >= 0.6 is 0 Å². The van der Waals surface area contributed by atoms with E-state index in [2.05, 4.69) is 0 Å². The zero-order valence-electron chi connectivity index (χ0n) is 11.5. The molecule has 1 heterocycles. The van der Waals surface area contributed by atoms with Crippen LogP contribution in [0.15, 0.2) is 18.2 Å². The van der Waals surface area contributed by atoms with Gasteiger partial charge >= 0.3 is 0 Å². The molecule has 1 aromatic carbocycles. The highest BCUT2D eigenvalue weighted by Crippen LogP contribution is 2.32.